The van der Waals surface area contributed by atoms with Crippen LogP contribution in [0.15, 0.2) is 96.1 Å². The van der Waals surface area contributed by atoms with Gasteiger partial charge in [0.2, 0.25) is 0 Å². The van der Waals surface area contributed by atoms with Crippen LogP contribution in [0.5, 0.6) is 17.2 Å². The molecule has 0 bridgehead atoms. The summed E-state index contributed by atoms with van der Waals surface area (Å²) in [4.78, 5) is 47.5. The number of nitrogens with one attached hydrogen (secondary N) is 2. The third kappa shape index (κ3) is 6.06. The summed E-state index contributed by atoms with van der Waals surface area (Å²) in [5, 5.41) is 6.20. The monoisotopic (exact) mass is 549 g/mol. The molecule has 0 saturated heterocycles. The fourth-order valence-electron chi connectivity index (χ4n) is 4.15. The van der Waals surface area contributed by atoms with Crippen molar-refractivity contribution in [1.29, 1.82) is 0 Å². The smallest absolute Gasteiger partial charge is 0.270 e. The average molecular weight is 550 g/mol. The number of carbonyl (C=O) groups excluding carboxylic acids is 2. The molecule has 10 heteroatoms. The van der Waals surface area contributed by atoms with Gasteiger partial charge in [-0.2, -0.15) is 0 Å². The molecule has 2 N–H and O–H groups in total. The van der Waals surface area contributed by atoms with E-state index < -0.39 is 11.5 Å². The van der Waals surface area contributed by atoms with E-state index in [-0.39, 0.29) is 17.2 Å². The highest BCUT2D eigenvalue weighted by Gasteiger charge is 2.18. The summed E-state index contributed by atoms with van der Waals surface area (Å²) in [6.07, 6.45) is 3.92. The number of pyridine rings is 3. The van der Waals surface area contributed by atoms with Gasteiger partial charge in [-0.05, 0) is 79.2 Å². The zero-order chi connectivity index (χ0) is 28.8. The Labute approximate surface area is 235 Å². The Morgan fingerprint density at radius 2 is 1.61 bits per heavy atom. The van der Waals surface area contributed by atoms with Gasteiger partial charge in [-0.25, -0.2) is 4.98 Å². The van der Waals surface area contributed by atoms with Crippen molar-refractivity contribution in [3.05, 3.63) is 113 Å². The molecule has 10 nitrogen and oxygen atoms in total. The summed E-state index contributed by atoms with van der Waals surface area (Å²) >= 11 is 0. The molecular formula is C31H27N5O5. The number of aromatic nitrogens is 3. The molecular weight excluding hydrogens is 522 g/mol. The lowest BCUT2D eigenvalue weighted by molar-refractivity contribution is 0.0947. The predicted octanol–water partition coefficient (Wildman–Crippen LogP) is 4.97. The topological polar surface area (TPSA) is 124 Å². The van der Waals surface area contributed by atoms with Gasteiger partial charge in [-0.1, -0.05) is 6.92 Å². The lowest BCUT2D eigenvalue weighted by atomic mass is 10.1. The lowest BCUT2D eigenvalue weighted by Crippen LogP contribution is -2.29. The quantitative estimate of drug-likeness (QED) is 0.266. The molecule has 0 aliphatic rings. The van der Waals surface area contributed by atoms with E-state index in [9.17, 15) is 14.4 Å². The third-order valence-corrected chi connectivity index (χ3v) is 6.18. The molecule has 0 saturated carbocycles. The average Bonchev–Trinajstić information content (AvgIpc) is 3.00. The molecule has 5 rings (SSSR count). The molecule has 2 amide bonds. The highest BCUT2D eigenvalue weighted by Crippen LogP contribution is 2.24. The maximum atomic E-state index is 13.5. The third-order valence-electron chi connectivity index (χ3n) is 6.18. The molecule has 0 aliphatic carbocycles. The molecule has 0 aliphatic heterocycles. The summed E-state index contributed by atoms with van der Waals surface area (Å²) in [6, 6.07) is 21.9. The van der Waals surface area contributed by atoms with Gasteiger partial charge < -0.3 is 20.1 Å². The van der Waals surface area contributed by atoms with Gasteiger partial charge in [0.25, 0.3) is 17.4 Å². The van der Waals surface area contributed by atoms with E-state index in [1.165, 1.54) is 16.8 Å². The molecule has 0 spiro atoms. The van der Waals surface area contributed by atoms with Crippen molar-refractivity contribution in [1.82, 2.24) is 19.9 Å². The van der Waals surface area contributed by atoms with Gasteiger partial charge in [-0.3, -0.25) is 23.9 Å². The van der Waals surface area contributed by atoms with Crippen LogP contribution in [0, 0.1) is 0 Å². The fourth-order valence-corrected chi connectivity index (χ4v) is 4.15. The number of hydrogen-bond acceptors (Lipinski definition) is 7. The zero-order valence-corrected chi connectivity index (χ0v) is 22.5. The SMILES string of the molecule is CCCNC(=O)c1cc(Oc2ccc(NC(=O)c3cc4cccnc4n(-c4ccc(OC)cc4)c3=O)cc2)ccn1. The van der Waals surface area contributed by atoms with E-state index in [1.54, 1.807) is 86.1 Å². The van der Waals surface area contributed by atoms with Crippen LogP contribution >= 0.6 is 0 Å². The molecule has 5 aromatic rings. The van der Waals surface area contributed by atoms with Crippen molar-refractivity contribution >= 4 is 28.5 Å². The second-order valence-electron chi connectivity index (χ2n) is 9.03. The van der Waals surface area contributed by atoms with Crippen molar-refractivity contribution in [3.63, 3.8) is 0 Å². The number of nitrogens with zero attached hydrogens (tertiary/aromatic N) is 3. The first kappa shape index (κ1) is 27.1. The molecule has 206 valence electrons. The van der Waals surface area contributed by atoms with Crippen LogP contribution in [-0.4, -0.2) is 40.0 Å². The number of amides is 2. The standard InChI is InChI=1S/C31H27N5O5/c1-3-15-34-30(38)27-19-25(14-17-32-27)41-24-10-6-21(7-11-24)35-29(37)26-18-20-5-4-16-33-28(20)36(31(26)39)22-8-12-23(40-2)13-9-22/h4-14,16-19H,3,15H2,1-2H3,(H,34,38)(H,35,37). The minimum Gasteiger partial charge on any atom is -0.497 e. The van der Waals surface area contributed by atoms with Crippen LogP contribution in [0.3, 0.4) is 0 Å². The Hall–Kier alpha value is -5.51. The van der Waals surface area contributed by atoms with Crippen LogP contribution in [-0.2, 0) is 0 Å². The van der Waals surface area contributed by atoms with Gasteiger partial charge in [-0.15, -0.1) is 0 Å². The van der Waals surface area contributed by atoms with E-state index >= 15 is 0 Å². The van der Waals surface area contributed by atoms with Crippen LogP contribution in [0.2, 0.25) is 0 Å². The maximum Gasteiger partial charge on any atom is 0.270 e. The Balaban J connectivity index is 1.36. The van der Waals surface area contributed by atoms with Crippen molar-refractivity contribution < 1.29 is 19.1 Å². The number of rotatable bonds is 9. The summed E-state index contributed by atoms with van der Waals surface area (Å²) in [6.45, 7) is 2.53. The van der Waals surface area contributed by atoms with E-state index in [0.29, 0.717) is 46.2 Å². The Bertz CT molecular complexity index is 1770. The first-order chi connectivity index (χ1) is 20.0. The summed E-state index contributed by atoms with van der Waals surface area (Å²) in [5.74, 6) is 0.747. The number of anilines is 1. The Morgan fingerprint density at radius 3 is 2.34 bits per heavy atom. The summed E-state index contributed by atoms with van der Waals surface area (Å²) in [5.41, 5.74) is 1.17. The van der Waals surface area contributed by atoms with E-state index in [2.05, 4.69) is 20.6 Å². The van der Waals surface area contributed by atoms with Gasteiger partial charge in [0.15, 0.2) is 0 Å². The number of methoxy groups -OCH3 is 1. The van der Waals surface area contributed by atoms with Crippen molar-refractivity contribution in [2.24, 2.45) is 0 Å². The number of hydrogen-bond donors (Lipinski definition) is 2. The summed E-state index contributed by atoms with van der Waals surface area (Å²) in [7, 11) is 1.56. The largest absolute Gasteiger partial charge is 0.497 e. The van der Waals surface area contributed by atoms with E-state index in [4.69, 9.17) is 9.47 Å². The molecule has 0 fully saturated rings. The molecule has 0 unspecified atom stereocenters. The van der Waals surface area contributed by atoms with Crippen LogP contribution in [0.25, 0.3) is 16.7 Å². The number of ether oxygens (including phenoxy) is 2. The minimum absolute atomic E-state index is 0.0349. The van der Waals surface area contributed by atoms with Crippen LogP contribution < -0.4 is 25.7 Å². The van der Waals surface area contributed by atoms with Gasteiger partial charge >= 0.3 is 0 Å². The molecule has 3 aromatic heterocycles. The summed E-state index contributed by atoms with van der Waals surface area (Å²) < 4.78 is 12.5. The first-order valence-electron chi connectivity index (χ1n) is 13.0. The predicted molar refractivity (Wildman–Crippen MR) is 155 cm³/mol. The fraction of sp³-hybridized carbons (Fsp3) is 0.129. The number of benzene rings is 2. The Kier molecular flexibility index (Phi) is 8.00. The maximum absolute atomic E-state index is 13.5. The highest BCUT2D eigenvalue weighted by molar-refractivity contribution is 6.05. The molecule has 0 atom stereocenters. The minimum atomic E-state index is -0.562. The number of fused-ring (bicyclic) bond motifs is 1. The second-order valence-corrected chi connectivity index (χ2v) is 9.03. The molecule has 0 radical (unpaired) electrons. The van der Waals surface area contributed by atoms with Gasteiger partial charge in [0.1, 0.15) is 34.2 Å². The second kappa shape index (κ2) is 12.1. The van der Waals surface area contributed by atoms with Gasteiger partial charge in [0.05, 0.1) is 12.8 Å². The lowest BCUT2D eigenvalue weighted by Gasteiger charge is -2.13. The van der Waals surface area contributed by atoms with Crippen molar-refractivity contribution in [3.8, 4) is 22.9 Å². The number of carbonyl (C=O) groups is 2. The molecule has 41 heavy (non-hydrogen) atoms. The normalized spacial score (nSPS) is 10.7. The van der Waals surface area contributed by atoms with Crippen LogP contribution in [0.1, 0.15) is 34.2 Å². The van der Waals surface area contributed by atoms with E-state index in [1.807, 2.05) is 6.92 Å². The molecule has 3 heterocycles. The van der Waals surface area contributed by atoms with E-state index in [0.717, 1.165) is 6.42 Å². The molecule has 2 aromatic carbocycles. The first-order valence-corrected chi connectivity index (χ1v) is 13.0. The van der Waals surface area contributed by atoms with Crippen molar-refractivity contribution in [2.75, 3.05) is 19.0 Å². The van der Waals surface area contributed by atoms with Crippen molar-refractivity contribution in [2.45, 2.75) is 13.3 Å². The van der Waals surface area contributed by atoms with Crippen LogP contribution in [0.4, 0.5) is 5.69 Å². The Morgan fingerprint density at radius 1 is 0.854 bits per heavy atom. The van der Waals surface area contributed by atoms with Gasteiger partial charge in [0, 0.05) is 36.1 Å². The zero-order valence-electron chi connectivity index (χ0n) is 22.5. The highest BCUT2D eigenvalue weighted by atomic mass is 16.5.